The third-order valence-electron chi connectivity index (χ3n) is 9.61. The molecular formula is C48H42IrN4OSi-2. The molecule has 0 saturated carbocycles. The molecule has 4 heterocycles. The normalized spacial score (nSPS) is 12.7. The molecule has 5 nitrogen and oxygen atoms in total. The Morgan fingerprint density at radius 3 is 2.25 bits per heavy atom. The summed E-state index contributed by atoms with van der Waals surface area (Å²) >= 11 is 0. The number of benzene rings is 5. The number of aryl methyl sites for hydroxylation is 1. The number of fused-ring (bicyclic) bond motifs is 4. The Hall–Kier alpha value is -5.46. The first-order chi connectivity index (χ1) is 27.0. The van der Waals surface area contributed by atoms with E-state index in [1.807, 2.05) is 135 Å². The smallest absolute Gasteiger partial charge is 0.216 e. The third kappa shape index (κ3) is 7.87. The van der Waals surface area contributed by atoms with Crippen molar-refractivity contribution in [2.75, 3.05) is 0 Å². The van der Waals surface area contributed by atoms with Crippen LogP contribution in [0.15, 0.2) is 150 Å². The molecule has 0 amide bonds. The minimum Gasteiger partial charge on any atom is -0.486 e. The standard InChI is InChI=1S/C25H16N3O.C23H26NSi.Ir/c1-16-14-15-19-18-10-7-11-20(23(18)29-25(19)26-16)24-27-21-12-5-6-13-22(21)28(24)17-8-3-2-4-9-17;1-18(19-11-7-5-8-12-19)15-21-16-22(20-13-9-6-10-14-20)24-17-23(21)25(2,3)4;/h2-10,12-15H,1H3;5-13,16-18H,15H2,1-4H3;/q2*-1;/i;15D2;. The molecule has 9 aromatic rings. The molecule has 1 radical (unpaired) electrons. The molecule has 0 aliphatic carbocycles. The van der Waals surface area contributed by atoms with E-state index in [-0.39, 0.29) is 26.0 Å². The minimum atomic E-state index is -1.77. The average Bonchev–Trinajstić information content (AvgIpc) is 3.79. The van der Waals surface area contributed by atoms with Crippen molar-refractivity contribution >= 4 is 46.4 Å². The van der Waals surface area contributed by atoms with Gasteiger partial charge in [0.05, 0.1) is 30.5 Å². The zero-order valence-electron chi connectivity index (χ0n) is 33.5. The molecule has 0 aliphatic heterocycles. The van der Waals surface area contributed by atoms with Gasteiger partial charge in [-0.15, -0.1) is 54.1 Å². The predicted molar refractivity (Wildman–Crippen MR) is 225 cm³/mol. The Labute approximate surface area is 340 Å². The number of imidazole rings is 1. The van der Waals surface area contributed by atoms with Crippen LogP contribution in [-0.2, 0) is 26.5 Å². The Balaban J connectivity index is 0.000000172. The zero-order valence-corrected chi connectivity index (χ0v) is 34.9. The van der Waals surface area contributed by atoms with Crippen molar-refractivity contribution < 1.29 is 27.3 Å². The molecule has 0 aliphatic rings. The minimum absolute atomic E-state index is 0. The number of pyridine rings is 2. The van der Waals surface area contributed by atoms with Crippen LogP contribution in [0.3, 0.4) is 0 Å². The summed E-state index contributed by atoms with van der Waals surface area (Å²) in [5.74, 6) is 0.544. The van der Waals surface area contributed by atoms with Gasteiger partial charge in [0.2, 0.25) is 5.71 Å². The Bertz CT molecular complexity index is 2800. The van der Waals surface area contributed by atoms with Crippen LogP contribution >= 0.6 is 0 Å². The molecule has 0 bridgehead atoms. The first-order valence-corrected chi connectivity index (χ1v) is 21.8. The predicted octanol–water partition coefficient (Wildman–Crippen LogP) is 11.5. The second-order valence-corrected chi connectivity index (χ2v) is 19.6. The maximum absolute atomic E-state index is 9.04. The van der Waals surface area contributed by atoms with Gasteiger partial charge in [-0.3, -0.25) is 4.98 Å². The Morgan fingerprint density at radius 2 is 1.51 bits per heavy atom. The van der Waals surface area contributed by atoms with Crippen molar-refractivity contribution in [3.8, 4) is 28.3 Å². The van der Waals surface area contributed by atoms with Crippen molar-refractivity contribution in [3.05, 3.63) is 175 Å². The first-order valence-electron chi connectivity index (χ1n) is 19.3. The third-order valence-corrected chi connectivity index (χ3v) is 11.6. The second kappa shape index (κ2) is 16.1. The van der Waals surface area contributed by atoms with Crippen LogP contribution in [0, 0.1) is 19.1 Å². The SMILES string of the molecule is Cc1ccc2c(n1)oc1c(-c3nc4ccccc4n3-c3ccccc3)[c-]ccc12.[2H]C([2H])(c1cc(-c2[c-]cccc2)ncc1[Si](C)(C)C)C(C)c1ccccc1.[Ir]. The molecular weight excluding hydrogens is 869 g/mol. The van der Waals surface area contributed by atoms with Gasteiger partial charge in [-0.2, -0.15) is 0 Å². The van der Waals surface area contributed by atoms with Crippen LogP contribution in [-0.4, -0.2) is 27.6 Å². The fraction of sp³-hybridized carbons (Fsp3) is 0.146. The van der Waals surface area contributed by atoms with E-state index < -0.39 is 14.4 Å². The van der Waals surface area contributed by atoms with Gasteiger partial charge in [0, 0.05) is 45.8 Å². The van der Waals surface area contributed by atoms with E-state index in [2.05, 4.69) is 70.6 Å². The van der Waals surface area contributed by atoms with E-state index in [9.17, 15) is 0 Å². The zero-order chi connectivity index (χ0) is 39.0. The van der Waals surface area contributed by atoms with Gasteiger partial charge in [0.25, 0.3) is 0 Å². The molecule has 0 spiro atoms. The summed E-state index contributed by atoms with van der Waals surface area (Å²) in [5, 5.41) is 3.10. The summed E-state index contributed by atoms with van der Waals surface area (Å²) in [6, 6.07) is 52.6. The van der Waals surface area contributed by atoms with Gasteiger partial charge in [-0.25, -0.2) is 4.98 Å². The van der Waals surface area contributed by atoms with Crippen molar-refractivity contribution in [1.29, 1.82) is 0 Å². The summed E-state index contributed by atoms with van der Waals surface area (Å²) < 4.78 is 26.5. The molecule has 0 saturated heterocycles. The molecule has 0 N–H and O–H groups in total. The number of aromatic nitrogens is 4. The van der Waals surface area contributed by atoms with Crippen LogP contribution in [0.4, 0.5) is 0 Å². The fourth-order valence-corrected chi connectivity index (χ4v) is 8.25. The molecule has 0 fully saturated rings. The Morgan fingerprint density at radius 1 is 0.782 bits per heavy atom. The van der Waals surface area contributed by atoms with E-state index in [0.29, 0.717) is 5.71 Å². The maximum Gasteiger partial charge on any atom is 0.216 e. The second-order valence-electron chi connectivity index (χ2n) is 14.5. The maximum atomic E-state index is 9.04. The number of furan rings is 1. The van der Waals surface area contributed by atoms with Gasteiger partial charge in [-0.1, -0.05) is 110 Å². The van der Waals surface area contributed by atoms with Gasteiger partial charge < -0.3 is 14.0 Å². The summed E-state index contributed by atoms with van der Waals surface area (Å²) in [5.41, 5.74) is 9.63. The molecule has 275 valence electrons. The van der Waals surface area contributed by atoms with E-state index >= 15 is 0 Å². The summed E-state index contributed by atoms with van der Waals surface area (Å²) in [4.78, 5) is 14.2. The number of para-hydroxylation sites is 3. The molecule has 5 aromatic carbocycles. The van der Waals surface area contributed by atoms with Crippen molar-refractivity contribution in [2.24, 2.45) is 0 Å². The van der Waals surface area contributed by atoms with E-state index in [1.165, 1.54) is 0 Å². The van der Waals surface area contributed by atoms with Crippen molar-refractivity contribution in [1.82, 2.24) is 19.5 Å². The summed E-state index contributed by atoms with van der Waals surface area (Å²) in [7, 11) is -1.77. The number of hydrogen-bond donors (Lipinski definition) is 0. The van der Waals surface area contributed by atoms with E-state index in [0.717, 1.165) is 77.7 Å². The number of hydrogen-bond acceptors (Lipinski definition) is 4. The molecule has 55 heavy (non-hydrogen) atoms. The van der Waals surface area contributed by atoms with Crippen LogP contribution in [0.2, 0.25) is 19.6 Å². The number of nitrogens with zero attached hydrogens (tertiary/aromatic N) is 4. The Kier molecular flexibility index (Phi) is 10.3. The first kappa shape index (κ1) is 35.3. The molecule has 1 atom stereocenters. The largest absolute Gasteiger partial charge is 0.486 e. The van der Waals surface area contributed by atoms with Crippen molar-refractivity contribution in [2.45, 2.75) is 45.8 Å². The van der Waals surface area contributed by atoms with Crippen LogP contribution < -0.4 is 5.19 Å². The van der Waals surface area contributed by atoms with Gasteiger partial charge in [-0.05, 0) is 72.1 Å². The molecule has 7 heteroatoms. The number of rotatable bonds is 7. The summed E-state index contributed by atoms with van der Waals surface area (Å²) in [6.07, 6.45) is 0.400. The quantitative estimate of drug-likeness (QED) is 0.118. The topological polar surface area (TPSA) is 56.7 Å². The van der Waals surface area contributed by atoms with E-state index in [4.69, 9.17) is 12.1 Å². The molecule has 9 rings (SSSR count). The van der Waals surface area contributed by atoms with Crippen LogP contribution in [0.25, 0.3) is 61.4 Å². The molecule has 4 aromatic heterocycles. The van der Waals surface area contributed by atoms with Gasteiger partial charge in [0.15, 0.2) is 0 Å². The van der Waals surface area contributed by atoms with Gasteiger partial charge >= 0.3 is 0 Å². The average molecular weight is 913 g/mol. The summed E-state index contributed by atoms with van der Waals surface area (Å²) in [6.45, 7) is 10.7. The van der Waals surface area contributed by atoms with Crippen molar-refractivity contribution in [3.63, 3.8) is 0 Å². The fourth-order valence-electron chi connectivity index (χ4n) is 6.84. The monoisotopic (exact) mass is 913 g/mol. The van der Waals surface area contributed by atoms with E-state index in [1.54, 1.807) is 0 Å². The van der Waals surface area contributed by atoms with Crippen LogP contribution in [0.5, 0.6) is 0 Å². The van der Waals surface area contributed by atoms with Crippen LogP contribution in [0.1, 0.15) is 32.4 Å². The molecule has 1 unspecified atom stereocenters. The van der Waals surface area contributed by atoms with Gasteiger partial charge in [0.1, 0.15) is 0 Å².